The Balaban J connectivity index is 1.56. The van der Waals surface area contributed by atoms with Gasteiger partial charge in [0.05, 0.1) is 18.6 Å². The molecule has 10 nitrogen and oxygen atoms in total. The van der Waals surface area contributed by atoms with E-state index < -0.39 is 53.1 Å². The largest absolute Gasteiger partial charge is 0.463 e. The van der Waals surface area contributed by atoms with Crippen molar-refractivity contribution >= 4 is 23.8 Å². The van der Waals surface area contributed by atoms with Gasteiger partial charge in [-0.2, -0.15) is 0 Å². The van der Waals surface area contributed by atoms with Crippen LogP contribution in [0.15, 0.2) is 48.5 Å². The van der Waals surface area contributed by atoms with E-state index in [-0.39, 0.29) is 36.7 Å². The van der Waals surface area contributed by atoms with Crippen molar-refractivity contribution < 1.29 is 33.4 Å². The SMILES string of the molecule is CN[C@@](C(=O)N[C@H](C(=O)N(C)[C@@H](C1CCCC1)[C@@H](CC(=O)OC(C)(C)C)OC)C(C)C)(C(=O)OCC1c2ccccc2-c2ccccc21)C(C)C. The smallest absolute Gasteiger partial charge is 0.336 e. The van der Waals surface area contributed by atoms with Crippen molar-refractivity contribution in [2.24, 2.45) is 17.8 Å². The molecule has 2 N–H and O–H groups in total. The van der Waals surface area contributed by atoms with Gasteiger partial charge in [0.1, 0.15) is 18.2 Å². The van der Waals surface area contributed by atoms with Crippen LogP contribution in [0.3, 0.4) is 0 Å². The number of esters is 2. The predicted molar refractivity (Wildman–Crippen MR) is 198 cm³/mol. The van der Waals surface area contributed by atoms with Crippen LogP contribution in [0.1, 0.15) is 97.6 Å². The quantitative estimate of drug-likeness (QED) is 0.175. The molecular formula is C41H59N3O7. The first-order valence-electron chi connectivity index (χ1n) is 18.4. The zero-order valence-corrected chi connectivity index (χ0v) is 32.2. The van der Waals surface area contributed by atoms with Gasteiger partial charge < -0.3 is 24.4 Å². The Morgan fingerprint density at radius 1 is 0.902 bits per heavy atom. The molecule has 2 aliphatic rings. The topological polar surface area (TPSA) is 123 Å². The molecule has 0 aliphatic heterocycles. The average molecular weight is 706 g/mol. The molecule has 2 aliphatic carbocycles. The first-order valence-corrected chi connectivity index (χ1v) is 18.4. The first-order chi connectivity index (χ1) is 24.1. The summed E-state index contributed by atoms with van der Waals surface area (Å²) in [5, 5.41) is 5.95. The summed E-state index contributed by atoms with van der Waals surface area (Å²) in [4.78, 5) is 57.5. The fraction of sp³-hybridized carbons (Fsp3) is 0.610. The minimum atomic E-state index is -1.76. The van der Waals surface area contributed by atoms with Gasteiger partial charge in [-0.25, -0.2) is 4.79 Å². The fourth-order valence-electron chi connectivity index (χ4n) is 8.00. The van der Waals surface area contributed by atoms with Gasteiger partial charge in [-0.1, -0.05) is 89.1 Å². The number of hydrogen-bond acceptors (Lipinski definition) is 8. The van der Waals surface area contributed by atoms with Gasteiger partial charge in [-0.15, -0.1) is 0 Å². The highest BCUT2D eigenvalue weighted by atomic mass is 16.6. The molecule has 0 radical (unpaired) electrons. The third-order valence-electron chi connectivity index (χ3n) is 10.7. The maximum absolute atomic E-state index is 14.4. The number of nitrogens with one attached hydrogen (secondary N) is 2. The van der Waals surface area contributed by atoms with Crippen LogP contribution in [0.4, 0.5) is 0 Å². The number of carbonyl (C=O) groups is 4. The van der Waals surface area contributed by atoms with Gasteiger partial charge in [-0.05, 0) is 80.7 Å². The average Bonchev–Trinajstić information content (AvgIpc) is 3.71. The molecular weight excluding hydrogens is 646 g/mol. The lowest BCUT2D eigenvalue weighted by Crippen LogP contribution is -2.68. The molecule has 0 aromatic heterocycles. The molecule has 280 valence electrons. The maximum Gasteiger partial charge on any atom is 0.336 e. The van der Waals surface area contributed by atoms with E-state index in [0.717, 1.165) is 47.9 Å². The number of ether oxygens (including phenoxy) is 3. The van der Waals surface area contributed by atoms with Crippen LogP contribution >= 0.6 is 0 Å². The molecule has 10 heteroatoms. The molecule has 0 unspecified atom stereocenters. The summed E-state index contributed by atoms with van der Waals surface area (Å²) < 4.78 is 17.5. The lowest BCUT2D eigenvalue weighted by molar-refractivity contribution is -0.161. The normalized spacial score (nSPS) is 17.6. The van der Waals surface area contributed by atoms with Crippen LogP contribution in [-0.2, 0) is 33.4 Å². The predicted octanol–water partition coefficient (Wildman–Crippen LogP) is 5.86. The number of rotatable bonds is 15. The molecule has 2 amide bonds. The van der Waals surface area contributed by atoms with Crippen LogP contribution in [0.5, 0.6) is 0 Å². The zero-order chi connectivity index (χ0) is 37.7. The summed E-state index contributed by atoms with van der Waals surface area (Å²) in [6.45, 7) is 12.8. The number of nitrogens with zero attached hydrogens (tertiary/aromatic N) is 1. The van der Waals surface area contributed by atoms with Crippen molar-refractivity contribution in [3.8, 4) is 11.1 Å². The van der Waals surface area contributed by atoms with E-state index in [1.807, 2.05) is 71.0 Å². The Labute approximate surface area is 304 Å². The highest BCUT2D eigenvalue weighted by molar-refractivity contribution is 6.09. The molecule has 51 heavy (non-hydrogen) atoms. The summed E-state index contributed by atoms with van der Waals surface area (Å²) in [6.07, 6.45) is 3.22. The van der Waals surface area contributed by atoms with Crippen molar-refractivity contribution in [2.45, 2.75) is 116 Å². The molecule has 1 saturated carbocycles. The van der Waals surface area contributed by atoms with Crippen LogP contribution in [-0.4, -0.2) is 85.8 Å². The summed E-state index contributed by atoms with van der Waals surface area (Å²) in [7, 11) is 4.83. The number of benzene rings is 2. The summed E-state index contributed by atoms with van der Waals surface area (Å²) in [5.41, 5.74) is 1.94. The van der Waals surface area contributed by atoms with Gasteiger partial charge in [0.2, 0.25) is 5.91 Å². The standard InChI is InChI=1S/C41H59N3O7/c1-25(2)35(37(46)44(9)36(27-17-11-12-18-27)33(49-10)23-34(45)51-40(5,6)7)43-38(47)41(42-8,26(3)4)39(48)50-24-32-30-21-15-13-19-28(30)29-20-14-16-22-31(29)32/h13-16,19-22,25-27,32-33,35-36,42H,11-12,17-18,23-24H2,1-10H3,(H,43,47)/t33-,35+,36+,41+/m1/s1. The van der Waals surface area contributed by atoms with E-state index in [2.05, 4.69) is 22.8 Å². The number of fused-ring (bicyclic) bond motifs is 3. The van der Waals surface area contributed by atoms with Gasteiger partial charge >= 0.3 is 11.9 Å². The third kappa shape index (κ3) is 8.66. The van der Waals surface area contributed by atoms with Crippen molar-refractivity contribution in [1.82, 2.24) is 15.5 Å². The maximum atomic E-state index is 14.4. The van der Waals surface area contributed by atoms with E-state index >= 15 is 0 Å². The highest BCUT2D eigenvalue weighted by Gasteiger charge is 2.51. The van der Waals surface area contributed by atoms with Crippen LogP contribution < -0.4 is 10.6 Å². The lowest BCUT2D eigenvalue weighted by atomic mass is 9.84. The minimum Gasteiger partial charge on any atom is -0.463 e. The molecule has 4 atom stereocenters. The van der Waals surface area contributed by atoms with Crippen LogP contribution in [0, 0.1) is 17.8 Å². The molecule has 2 aromatic rings. The second-order valence-corrected chi connectivity index (χ2v) is 15.8. The van der Waals surface area contributed by atoms with Gasteiger partial charge in [0, 0.05) is 20.1 Å². The monoisotopic (exact) mass is 705 g/mol. The second kappa shape index (κ2) is 16.7. The molecule has 1 fully saturated rings. The zero-order valence-electron chi connectivity index (χ0n) is 32.2. The first kappa shape index (κ1) is 40.0. The fourth-order valence-corrected chi connectivity index (χ4v) is 8.00. The number of likely N-dealkylation sites (N-methyl/N-ethyl adjacent to an activating group) is 2. The molecule has 2 aromatic carbocycles. The second-order valence-electron chi connectivity index (χ2n) is 15.8. The number of amides is 2. The Morgan fingerprint density at radius 3 is 1.92 bits per heavy atom. The van der Waals surface area contributed by atoms with Crippen LogP contribution in [0.25, 0.3) is 11.1 Å². The molecule has 0 saturated heterocycles. The summed E-state index contributed by atoms with van der Waals surface area (Å²) in [6, 6.07) is 14.8. The van der Waals surface area contributed by atoms with Crippen molar-refractivity contribution in [3.63, 3.8) is 0 Å². The lowest BCUT2D eigenvalue weighted by Gasteiger charge is -2.41. The number of hydrogen-bond donors (Lipinski definition) is 2. The Kier molecular flexibility index (Phi) is 13.1. The van der Waals surface area contributed by atoms with Crippen molar-refractivity contribution in [3.05, 3.63) is 59.7 Å². The summed E-state index contributed by atoms with van der Waals surface area (Å²) in [5.74, 6) is -2.95. The van der Waals surface area contributed by atoms with Gasteiger partial charge in [0.15, 0.2) is 5.54 Å². The van der Waals surface area contributed by atoms with Gasteiger partial charge in [-0.3, -0.25) is 19.7 Å². The van der Waals surface area contributed by atoms with Gasteiger partial charge in [0.25, 0.3) is 5.91 Å². The number of carbonyl (C=O) groups excluding carboxylic acids is 4. The Bertz CT molecular complexity index is 1500. The van der Waals surface area contributed by atoms with E-state index in [1.165, 1.54) is 0 Å². The Hall–Kier alpha value is -3.76. The molecule has 0 spiro atoms. The van der Waals surface area contributed by atoms with E-state index in [9.17, 15) is 19.2 Å². The van der Waals surface area contributed by atoms with Crippen molar-refractivity contribution in [2.75, 3.05) is 27.8 Å². The molecule has 0 bridgehead atoms. The van der Waals surface area contributed by atoms with E-state index in [1.54, 1.807) is 40.0 Å². The highest BCUT2D eigenvalue weighted by Crippen LogP contribution is 2.44. The van der Waals surface area contributed by atoms with Crippen LogP contribution in [0.2, 0.25) is 0 Å². The van der Waals surface area contributed by atoms with E-state index in [4.69, 9.17) is 14.2 Å². The Morgan fingerprint density at radius 2 is 1.45 bits per heavy atom. The van der Waals surface area contributed by atoms with Crippen molar-refractivity contribution in [1.29, 1.82) is 0 Å². The summed E-state index contributed by atoms with van der Waals surface area (Å²) >= 11 is 0. The third-order valence-corrected chi connectivity index (χ3v) is 10.7. The number of methoxy groups -OCH3 is 1. The molecule has 0 heterocycles. The minimum absolute atomic E-state index is 0.0107. The molecule has 4 rings (SSSR count). The van der Waals surface area contributed by atoms with E-state index in [0.29, 0.717) is 0 Å².